The van der Waals surface area contributed by atoms with Crippen molar-refractivity contribution in [1.29, 1.82) is 0 Å². The van der Waals surface area contributed by atoms with Gasteiger partial charge in [-0.25, -0.2) is 0 Å². The number of para-hydroxylation sites is 1. The van der Waals surface area contributed by atoms with Crippen LogP contribution in [0, 0.1) is 30.6 Å². The Kier molecular flexibility index (Phi) is 7.68. The van der Waals surface area contributed by atoms with Gasteiger partial charge in [0.1, 0.15) is 11.6 Å². The number of aryl methyl sites for hydroxylation is 1. The fourth-order valence-electron chi connectivity index (χ4n) is 6.93. The number of hydrogen-bond donors (Lipinski definition) is 3. The van der Waals surface area contributed by atoms with Crippen molar-refractivity contribution in [3.05, 3.63) is 28.8 Å². The molecule has 1 spiro atoms. The maximum absolute atomic E-state index is 14.2. The fraction of sp³-hybridized carbons (Fsp3) is 0.679. The van der Waals surface area contributed by atoms with Gasteiger partial charge in [-0.15, -0.1) is 0 Å². The number of likely N-dealkylation sites (tertiary alicyclic amines) is 1. The molecule has 3 aliphatic rings. The monoisotopic (exact) mass is 533 g/mol. The summed E-state index contributed by atoms with van der Waals surface area (Å²) in [7, 11) is 0. The second kappa shape index (κ2) is 10.2. The van der Waals surface area contributed by atoms with E-state index in [4.69, 9.17) is 16.3 Å². The lowest BCUT2D eigenvalue weighted by Crippen LogP contribution is -2.56. The lowest BCUT2D eigenvalue weighted by molar-refractivity contribution is -0.149. The van der Waals surface area contributed by atoms with Crippen molar-refractivity contribution in [3.63, 3.8) is 0 Å². The van der Waals surface area contributed by atoms with E-state index in [1.807, 2.05) is 53.7 Å². The van der Waals surface area contributed by atoms with Crippen molar-refractivity contribution in [1.82, 2.24) is 10.2 Å². The Labute approximate surface area is 224 Å². The first-order chi connectivity index (χ1) is 17.4. The molecule has 0 aromatic heterocycles. The lowest BCUT2D eigenvalue weighted by Gasteiger charge is -2.37. The third-order valence-corrected chi connectivity index (χ3v) is 8.97. The molecule has 0 aliphatic carbocycles. The van der Waals surface area contributed by atoms with Crippen molar-refractivity contribution in [3.8, 4) is 0 Å². The van der Waals surface area contributed by atoms with Crippen molar-refractivity contribution < 1.29 is 24.2 Å². The van der Waals surface area contributed by atoms with Gasteiger partial charge in [-0.1, -0.05) is 51.4 Å². The molecule has 3 aliphatic heterocycles. The third-order valence-electron chi connectivity index (χ3n) is 8.65. The summed E-state index contributed by atoms with van der Waals surface area (Å²) in [6, 6.07) is 3.77. The largest absolute Gasteiger partial charge is 0.394 e. The summed E-state index contributed by atoms with van der Waals surface area (Å²) in [6.45, 7) is 12.0. The summed E-state index contributed by atoms with van der Waals surface area (Å²) < 4.78 is 6.73. The van der Waals surface area contributed by atoms with E-state index in [-0.39, 0.29) is 30.3 Å². The molecule has 3 saturated heterocycles. The van der Waals surface area contributed by atoms with Crippen LogP contribution >= 0.6 is 11.6 Å². The normalized spacial score (nSPS) is 33.1. The van der Waals surface area contributed by atoms with Crippen LogP contribution in [0.5, 0.6) is 0 Å². The van der Waals surface area contributed by atoms with Gasteiger partial charge in [0, 0.05) is 6.54 Å². The summed E-state index contributed by atoms with van der Waals surface area (Å²) in [5.74, 6) is -2.35. The number of halogens is 1. The van der Waals surface area contributed by atoms with Gasteiger partial charge in [-0.05, 0) is 56.6 Å². The number of amides is 3. The number of hydrogen-bond acceptors (Lipinski definition) is 5. The van der Waals surface area contributed by atoms with Crippen LogP contribution in [0.25, 0.3) is 0 Å². The molecule has 8 nitrogen and oxygen atoms in total. The van der Waals surface area contributed by atoms with Crippen molar-refractivity contribution in [2.75, 3.05) is 18.5 Å². The Hall–Kier alpha value is -2.16. The van der Waals surface area contributed by atoms with Crippen molar-refractivity contribution >= 4 is 35.0 Å². The number of nitrogens with zero attached hydrogens (tertiary/aromatic N) is 1. The minimum absolute atomic E-state index is 0.0519. The van der Waals surface area contributed by atoms with Gasteiger partial charge in [0.05, 0.1) is 40.8 Å². The van der Waals surface area contributed by atoms with Gasteiger partial charge in [-0.3, -0.25) is 14.4 Å². The number of aliphatic hydroxyl groups excluding tert-OH is 1. The molecule has 1 aromatic rings. The number of aliphatic hydroxyl groups is 1. The maximum Gasteiger partial charge on any atom is 0.250 e. The van der Waals surface area contributed by atoms with E-state index in [1.54, 1.807) is 6.07 Å². The van der Waals surface area contributed by atoms with Gasteiger partial charge < -0.3 is 25.4 Å². The second-order valence-corrected chi connectivity index (χ2v) is 12.0. The first-order valence-electron chi connectivity index (χ1n) is 13.4. The molecular weight excluding hydrogens is 494 g/mol. The second-order valence-electron chi connectivity index (χ2n) is 11.6. The van der Waals surface area contributed by atoms with Crippen LogP contribution in [0.15, 0.2) is 18.2 Å². The maximum atomic E-state index is 14.2. The van der Waals surface area contributed by atoms with E-state index < -0.39 is 41.0 Å². The average molecular weight is 534 g/mol. The van der Waals surface area contributed by atoms with Gasteiger partial charge in [0.2, 0.25) is 17.7 Å². The average Bonchev–Trinajstić information content (AvgIpc) is 3.35. The number of rotatable bonds is 9. The molecule has 37 heavy (non-hydrogen) atoms. The van der Waals surface area contributed by atoms with E-state index in [0.717, 1.165) is 12.0 Å². The zero-order valence-electron chi connectivity index (χ0n) is 22.6. The van der Waals surface area contributed by atoms with Gasteiger partial charge in [-0.2, -0.15) is 0 Å². The zero-order valence-corrected chi connectivity index (χ0v) is 23.4. The molecule has 7 atom stereocenters. The molecule has 204 valence electrons. The summed E-state index contributed by atoms with van der Waals surface area (Å²) in [5.41, 5.74) is -0.783. The van der Waals surface area contributed by atoms with Crippen LogP contribution in [-0.2, 0) is 19.1 Å². The van der Waals surface area contributed by atoms with E-state index >= 15 is 0 Å². The molecular formula is C28H40ClN3O5. The molecule has 3 unspecified atom stereocenters. The number of carbonyl (C=O) groups is 3. The van der Waals surface area contributed by atoms with Crippen LogP contribution in [0.3, 0.4) is 0 Å². The Bertz CT molecular complexity index is 1060. The number of benzene rings is 1. The number of nitrogens with one attached hydrogen (secondary N) is 2. The third kappa shape index (κ3) is 4.35. The molecule has 3 fully saturated rings. The highest BCUT2D eigenvalue weighted by molar-refractivity contribution is 6.34. The van der Waals surface area contributed by atoms with Gasteiger partial charge in [0.15, 0.2) is 0 Å². The quantitative estimate of drug-likeness (QED) is 0.450. The topological polar surface area (TPSA) is 108 Å². The molecule has 1 aromatic carbocycles. The smallest absolute Gasteiger partial charge is 0.250 e. The molecule has 3 heterocycles. The Morgan fingerprint density at radius 3 is 2.59 bits per heavy atom. The first kappa shape index (κ1) is 27.9. The summed E-state index contributed by atoms with van der Waals surface area (Å²) in [5, 5.41) is 16.7. The molecule has 0 saturated carbocycles. The Morgan fingerprint density at radius 1 is 1.30 bits per heavy atom. The molecule has 3 amide bonds. The van der Waals surface area contributed by atoms with E-state index in [2.05, 4.69) is 10.6 Å². The Morgan fingerprint density at radius 2 is 2.00 bits per heavy atom. The van der Waals surface area contributed by atoms with E-state index in [9.17, 15) is 19.5 Å². The van der Waals surface area contributed by atoms with Crippen LogP contribution in [0.4, 0.5) is 5.69 Å². The predicted octanol–water partition coefficient (Wildman–Crippen LogP) is 3.53. The molecule has 4 rings (SSSR count). The summed E-state index contributed by atoms with van der Waals surface area (Å²) in [6.07, 6.45) is 1.75. The minimum Gasteiger partial charge on any atom is -0.394 e. The van der Waals surface area contributed by atoms with E-state index in [0.29, 0.717) is 30.1 Å². The first-order valence-corrected chi connectivity index (χ1v) is 13.8. The van der Waals surface area contributed by atoms with Gasteiger partial charge >= 0.3 is 0 Å². The Balaban J connectivity index is 1.82. The number of fused-ring (bicyclic) bond motifs is 1. The highest BCUT2D eigenvalue weighted by atomic mass is 35.5. The number of anilines is 1. The van der Waals surface area contributed by atoms with Crippen molar-refractivity contribution in [2.24, 2.45) is 23.7 Å². The van der Waals surface area contributed by atoms with Crippen LogP contribution in [-0.4, -0.2) is 64.2 Å². The number of ether oxygens (including phenoxy) is 1. The highest BCUT2D eigenvalue weighted by Crippen LogP contribution is 2.65. The molecule has 0 radical (unpaired) electrons. The van der Waals surface area contributed by atoms with Crippen LogP contribution in [0.2, 0.25) is 5.02 Å². The van der Waals surface area contributed by atoms with Crippen LogP contribution in [0.1, 0.15) is 59.4 Å². The summed E-state index contributed by atoms with van der Waals surface area (Å²) >= 11 is 6.43. The SMILES string of the molecule is CCCNC(=O)[C@@H]1[C@H]2C(=O)N([C@@H](CO)CC(C)C)C(C(=O)Nc3c(C)cccc3Cl)C23CC(C)[C@@]1(C)O3. The van der Waals surface area contributed by atoms with Crippen LogP contribution < -0.4 is 10.6 Å². The fourth-order valence-corrected chi connectivity index (χ4v) is 7.20. The van der Waals surface area contributed by atoms with Gasteiger partial charge in [0.25, 0.3) is 0 Å². The van der Waals surface area contributed by atoms with E-state index in [1.165, 1.54) is 4.90 Å². The summed E-state index contributed by atoms with van der Waals surface area (Å²) in [4.78, 5) is 43.4. The molecule has 3 N–H and O–H groups in total. The zero-order chi connectivity index (χ0) is 27.3. The predicted molar refractivity (Wildman–Crippen MR) is 142 cm³/mol. The minimum atomic E-state index is -1.18. The van der Waals surface area contributed by atoms with Crippen molar-refractivity contribution in [2.45, 2.75) is 84.1 Å². The molecule has 2 bridgehead atoms. The standard InChI is InChI=1S/C28H40ClN3O5/c1-7-11-30-24(34)20-21-26(36)32(18(14-33)12-15(2)3)23(28(21)13-17(5)27(20,6)37-28)25(35)31-22-16(4)9-8-10-19(22)29/h8-10,15,17-18,20-21,23,33H,7,11-14H2,1-6H3,(H,30,34)(H,31,35)/t17?,18-,20+,21+,23?,27-,28?/m1/s1. The molecule has 9 heteroatoms. The number of carbonyl (C=O) groups excluding carboxylic acids is 3. The lowest BCUT2D eigenvalue weighted by atomic mass is 9.62. The highest BCUT2D eigenvalue weighted by Gasteiger charge is 2.80.